The number of rotatable bonds is 12. The molecular weight excluding hydrogens is 228 g/mol. The molecule has 4 N–H and O–H groups in total. The van der Waals surface area contributed by atoms with Gasteiger partial charge in [-0.15, -0.1) is 0 Å². The number of hydrazine groups is 1. The zero-order chi connectivity index (χ0) is 11.2. The maximum atomic E-state index is 3.43. The summed E-state index contributed by atoms with van der Waals surface area (Å²) < 4.78 is 3.29. The highest BCUT2D eigenvalue weighted by atomic mass is 33.1. The molecule has 0 saturated heterocycles. The Morgan fingerprint density at radius 3 is 2.40 bits per heavy atom. The molecule has 0 amide bonds. The predicted octanol–water partition coefficient (Wildman–Crippen LogP) is 0.986. The van der Waals surface area contributed by atoms with Crippen LogP contribution in [-0.2, 0) is 0 Å². The molecule has 0 unspecified atom stereocenters. The van der Waals surface area contributed by atoms with Gasteiger partial charge in [-0.2, -0.15) is 0 Å². The highest BCUT2D eigenvalue weighted by molar-refractivity contribution is 8.75. The summed E-state index contributed by atoms with van der Waals surface area (Å²) in [4.78, 5) is 0. The summed E-state index contributed by atoms with van der Waals surface area (Å²) in [6, 6.07) is 0. The lowest BCUT2D eigenvalue weighted by Gasteiger charge is -2.05. The van der Waals surface area contributed by atoms with Gasteiger partial charge in [0.15, 0.2) is 0 Å². The van der Waals surface area contributed by atoms with Gasteiger partial charge in [0.05, 0.1) is 0 Å². The number of hydrogen-bond acceptors (Lipinski definition) is 6. The van der Waals surface area contributed by atoms with Gasteiger partial charge in [-0.05, 0) is 56.6 Å². The Morgan fingerprint density at radius 2 is 1.67 bits per heavy atom. The fraction of sp³-hybridized carbons (Fsp3) is 1.00. The lowest BCUT2D eigenvalue weighted by atomic mass is 10.3. The second-order valence-corrected chi connectivity index (χ2v) is 5.42. The topological polar surface area (TPSA) is 48.1 Å². The highest BCUT2D eigenvalue weighted by Crippen LogP contribution is 2.10. The molecule has 0 aromatic carbocycles. The van der Waals surface area contributed by atoms with Crippen LogP contribution in [0.2, 0.25) is 0 Å². The molecule has 0 saturated carbocycles. The molecule has 0 aromatic heterocycles. The Hall–Kier alpha value is 0.540. The van der Waals surface area contributed by atoms with Crippen LogP contribution in [0, 0.1) is 0 Å². The summed E-state index contributed by atoms with van der Waals surface area (Å²) in [5, 5.41) is 3.43. The van der Waals surface area contributed by atoms with Crippen LogP contribution in [0.5, 0.6) is 0 Å². The first-order chi connectivity index (χ1) is 7.41. The molecule has 0 aromatic rings. The van der Waals surface area contributed by atoms with Gasteiger partial charge in [-0.25, -0.2) is 0 Å². The van der Waals surface area contributed by atoms with Crippen molar-refractivity contribution in [1.29, 1.82) is 0 Å². The van der Waals surface area contributed by atoms with E-state index in [1.807, 2.05) is 7.05 Å². The molecular formula is C9H24N4S2. The minimum absolute atomic E-state index is 1.02. The van der Waals surface area contributed by atoms with Crippen molar-refractivity contribution >= 4 is 21.8 Å². The van der Waals surface area contributed by atoms with E-state index in [0.717, 1.165) is 26.2 Å². The van der Waals surface area contributed by atoms with Crippen LogP contribution in [0.25, 0.3) is 0 Å². The second kappa shape index (κ2) is 14.5. The lowest BCUT2D eigenvalue weighted by molar-refractivity contribution is 0.541. The van der Waals surface area contributed by atoms with E-state index in [2.05, 4.69) is 27.1 Å². The first-order valence-corrected chi connectivity index (χ1v) is 8.00. The molecule has 15 heavy (non-hydrogen) atoms. The van der Waals surface area contributed by atoms with Crippen LogP contribution < -0.4 is 20.9 Å². The highest BCUT2D eigenvalue weighted by Gasteiger charge is 1.90. The van der Waals surface area contributed by atoms with Crippen molar-refractivity contribution in [1.82, 2.24) is 20.9 Å². The monoisotopic (exact) mass is 252 g/mol. The minimum Gasteiger partial charge on any atom is -0.317 e. The van der Waals surface area contributed by atoms with Crippen LogP contribution in [-0.4, -0.2) is 39.5 Å². The maximum Gasteiger partial charge on any atom is 0.0112 e. The van der Waals surface area contributed by atoms with Gasteiger partial charge < -0.3 is 5.32 Å². The first kappa shape index (κ1) is 15.5. The van der Waals surface area contributed by atoms with E-state index < -0.39 is 0 Å². The zero-order valence-electron chi connectivity index (χ0n) is 9.77. The van der Waals surface area contributed by atoms with E-state index in [0.29, 0.717) is 0 Å². The lowest BCUT2D eigenvalue weighted by Crippen LogP contribution is -2.30. The van der Waals surface area contributed by atoms with Gasteiger partial charge in [0.2, 0.25) is 0 Å². The Bertz CT molecular complexity index is 104. The molecule has 0 aliphatic carbocycles. The molecule has 0 spiro atoms. The molecule has 0 bridgehead atoms. The van der Waals surface area contributed by atoms with Crippen molar-refractivity contribution in [3.63, 3.8) is 0 Å². The van der Waals surface area contributed by atoms with Gasteiger partial charge in [-0.3, -0.25) is 15.6 Å². The SMILES string of the molecule is CNNCCCNCCCCNSSC. The third-order valence-electron chi connectivity index (χ3n) is 1.86. The van der Waals surface area contributed by atoms with E-state index in [1.54, 1.807) is 21.8 Å². The Balaban J connectivity index is 2.81. The van der Waals surface area contributed by atoms with Gasteiger partial charge in [0.1, 0.15) is 0 Å². The zero-order valence-corrected chi connectivity index (χ0v) is 11.4. The van der Waals surface area contributed by atoms with E-state index in [1.165, 1.54) is 19.3 Å². The molecule has 0 aliphatic heterocycles. The van der Waals surface area contributed by atoms with E-state index in [4.69, 9.17) is 0 Å². The molecule has 0 fully saturated rings. The quantitative estimate of drug-likeness (QED) is 0.180. The molecule has 0 rings (SSSR count). The van der Waals surface area contributed by atoms with Crippen LogP contribution in [0.3, 0.4) is 0 Å². The Kier molecular flexibility index (Phi) is 15.1. The van der Waals surface area contributed by atoms with Crippen molar-refractivity contribution in [2.24, 2.45) is 0 Å². The third-order valence-corrected chi connectivity index (χ3v) is 3.20. The van der Waals surface area contributed by atoms with Gasteiger partial charge in [0.25, 0.3) is 0 Å². The van der Waals surface area contributed by atoms with Crippen LogP contribution in [0.15, 0.2) is 0 Å². The molecule has 4 nitrogen and oxygen atoms in total. The Labute approximate surface area is 102 Å². The van der Waals surface area contributed by atoms with E-state index in [9.17, 15) is 0 Å². The van der Waals surface area contributed by atoms with Crippen molar-refractivity contribution in [3.05, 3.63) is 0 Å². The molecule has 0 aliphatic rings. The molecule has 92 valence electrons. The first-order valence-electron chi connectivity index (χ1n) is 5.44. The summed E-state index contributed by atoms with van der Waals surface area (Å²) >= 11 is 0. The van der Waals surface area contributed by atoms with E-state index >= 15 is 0 Å². The average Bonchev–Trinajstić information content (AvgIpc) is 2.26. The maximum absolute atomic E-state index is 3.43. The summed E-state index contributed by atoms with van der Waals surface area (Å²) in [5.41, 5.74) is 5.98. The van der Waals surface area contributed by atoms with Crippen LogP contribution >= 0.6 is 21.8 Å². The van der Waals surface area contributed by atoms with Crippen molar-refractivity contribution in [2.45, 2.75) is 19.3 Å². The minimum atomic E-state index is 1.02. The van der Waals surface area contributed by atoms with E-state index in [-0.39, 0.29) is 0 Å². The molecule has 0 heterocycles. The smallest absolute Gasteiger partial charge is 0.0112 e. The molecule has 6 heteroatoms. The molecule has 0 atom stereocenters. The van der Waals surface area contributed by atoms with Crippen LogP contribution in [0.1, 0.15) is 19.3 Å². The summed E-state index contributed by atoms with van der Waals surface area (Å²) in [7, 11) is 5.37. The van der Waals surface area contributed by atoms with Crippen molar-refractivity contribution in [3.8, 4) is 0 Å². The number of unbranched alkanes of at least 4 members (excludes halogenated alkanes) is 1. The second-order valence-electron chi connectivity index (χ2n) is 3.13. The van der Waals surface area contributed by atoms with Crippen molar-refractivity contribution in [2.75, 3.05) is 39.5 Å². The predicted molar refractivity (Wildman–Crippen MR) is 72.9 cm³/mol. The van der Waals surface area contributed by atoms with Gasteiger partial charge >= 0.3 is 0 Å². The normalized spacial score (nSPS) is 10.8. The van der Waals surface area contributed by atoms with Crippen LogP contribution in [0.4, 0.5) is 0 Å². The summed E-state index contributed by atoms with van der Waals surface area (Å²) in [6.07, 6.45) is 5.75. The van der Waals surface area contributed by atoms with Gasteiger partial charge in [-0.1, -0.05) is 10.8 Å². The standard InChI is InChI=1S/C9H24N4S2/c1-10-12-8-5-7-11-6-3-4-9-13-15-14-2/h10-13H,3-9H2,1-2H3. The third kappa shape index (κ3) is 14.5. The largest absolute Gasteiger partial charge is 0.317 e. The fourth-order valence-electron chi connectivity index (χ4n) is 1.10. The fourth-order valence-corrected chi connectivity index (χ4v) is 2.05. The Morgan fingerprint density at radius 1 is 0.933 bits per heavy atom. The molecule has 0 radical (unpaired) electrons. The summed E-state index contributed by atoms with van der Waals surface area (Å²) in [6.45, 7) is 4.36. The van der Waals surface area contributed by atoms with Gasteiger partial charge in [0, 0.05) is 13.1 Å². The number of nitrogens with one attached hydrogen (secondary N) is 4. The van der Waals surface area contributed by atoms with Crippen molar-refractivity contribution < 1.29 is 0 Å². The average molecular weight is 252 g/mol. The number of hydrogen-bond donors (Lipinski definition) is 4. The summed E-state index contributed by atoms with van der Waals surface area (Å²) in [5.74, 6) is 0.